The summed E-state index contributed by atoms with van der Waals surface area (Å²) >= 11 is 0. The second-order valence-electron chi connectivity index (χ2n) is 5.76. The Kier molecular flexibility index (Phi) is 7.09. The topological polar surface area (TPSA) is 18.5 Å². The minimum absolute atomic E-state index is 0.651. The van der Waals surface area contributed by atoms with Crippen LogP contribution in [0.15, 0.2) is 0 Å². The van der Waals surface area contributed by atoms with Crippen LogP contribution in [0.1, 0.15) is 33.6 Å². The van der Waals surface area contributed by atoms with Crippen LogP contribution in [0.25, 0.3) is 0 Å². The molecule has 0 aromatic heterocycles. The number of nitrogens with zero attached hydrogens (tertiary/aromatic N) is 2. The van der Waals surface area contributed by atoms with Gasteiger partial charge in [0, 0.05) is 25.7 Å². The van der Waals surface area contributed by atoms with Crippen molar-refractivity contribution in [1.82, 2.24) is 15.1 Å². The Morgan fingerprint density at radius 1 is 1.12 bits per heavy atom. The Balaban J connectivity index is 2.37. The maximum Gasteiger partial charge on any atom is 0.0217 e. The van der Waals surface area contributed by atoms with Gasteiger partial charge >= 0.3 is 0 Å². The highest BCUT2D eigenvalue weighted by molar-refractivity contribution is 4.77. The maximum absolute atomic E-state index is 3.69. The van der Waals surface area contributed by atoms with E-state index in [9.17, 15) is 0 Å². The number of likely N-dealkylation sites (N-methyl/N-ethyl adjacent to an activating group) is 1. The van der Waals surface area contributed by atoms with Gasteiger partial charge in [0.2, 0.25) is 0 Å². The van der Waals surface area contributed by atoms with Crippen molar-refractivity contribution in [2.75, 3.05) is 46.3 Å². The minimum Gasteiger partial charge on any atom is -0.312 e. The molecule has 1 unspecified atom stereocenters. The summed E-state index contributed by atoms with van der Waals surface area (Å²) in [4.78, 5) is 5.08. The fourth-order valence-corrected chi connectivity index (χ4v) is 2.40. The predicted octanol–water partition coefficient (Wildman–Crippen LogP) is 1.65. The fourth-order valence-electron chi connectivity index (χ4n) is 2.40. The first-order valence-electron chi connectivity index (χ1n) is 7.27. The Morgan fingerprint density at radius 3 is 2.53 bits per heavy atom. The van der Waals surface area contributed by atoms with Crippen LogP contribution < -0.4 is 5.32 Å². The quantitative estimate of drug-likeness (QED) is 0.763. The molecule has 3 heteroatoms. The molecule has 0 aromatic rings. The molecule has 102 valence electrons. The van der Waals surface area contributed by atoms with Crippen molar-refractivity contribution in [2.24, 2.45) is 5.92 Å². The van der Waals surface area contributed by atoms with Crippen LogP contribution in [-0.2, 0) is 0 Å². The monoisotopic (exact) mass is 241 g/mol. The highest BCUT2D eigenvalue weighted by Crippen LogP contribution is 2.07. The molecule has 1 aliphatic heterocycles. The third kappa shape index (κ3) is 5.84. The summed E-state index contributed by atoms with van der Waals surface area (Å²) in [5.41, 5.74) is 0. The molecule has 0 aliphatic carbocycles. The molecule has 1 saturated heterocycles. The van der Waals surface area contributed by atoms with Crippen molar-refractivity contribution in [3.63, 3.8) is 0 Å². The Hall–Kier alpha value is -0.120. The molecule has 0 aromatic carbocycles. The second kappa shape index (κ2) is 8.06. The van der Waals surface area contributed by atoms with Crippen molar-refractivity contribution in [3.05, 3.63) is 0 Å². The zero-order valence-electron chi connectivity index (χ0n) is 12.2. The van der Waals surface area contributed by atoms with E-state index in [1.165, 1.54) is 45.6 Å². The van der Waals surface area contributed by atoms with Gasteiger partial charge in [-0.1, -0.05) is 20.8 Å². The van der Waals surface area contributed by atoms with Crippen molar-refractivity contribution in [1.29, 1.82) is 0 Å². The summed E-state index contributed by atoms with van der Waals surface area (Å²) in [6.07, 6.45) is 2.54. The first kappa shape index (κ1) is 14.9. The van der Waals surface area contributed by atoms with Crippen LogP contribution >= 0.6 is 0 Å². The molecule has 1 atom stereocenters. The molecule has 0 spiro atoms. The van der Waals surface area contributed by atoms with E-state index in [2.05, 4.69) is 42.9 Å². The number of hydrogen-bond acceptors (Lipinski definition) is 3. The molecule has 1 N–H and O–H groups in total. The SMILES string of the molecule is CCCNC(CN1CCCN(C)CC1)C(C)C. The van der Waals surface area contributed by atoms with E-state index in [1.807, 2.05) is 0 Å². The zero-order valence-corrected chi connectivity index (χ0v) is 12.2. The standard InChI is InChI=1S/C14H31N3/c1-5-7-15-14(13(2)3)12-17-9-6-8-16(4)10-11-17/h13-15H,5-12H2,1-4H3. The van der Waals surface area contributed by atoms with Crippen LogP contribution in [0.5, 0.6) is 0 Å². The first-order chi connectivity index (χ1) is 8.13. The lowest BCUT2D eigenvalue weighted by Crippen LogP contribution is -2.45. The smallest absolute Gasteiger partial charge is 0.0217 e. The van der Waals surface area contributed by atoms with Crippen molar-refractivity contribution in [3.8, 4) is 0 Å². The van der Waals surface area contributed by atoms with E-state index in [0.29, 0.717) is 6.04 Å². The molecule has 0 amide bonds. The number of hydrogen-bond donors (Lipinski definition) is 1. The van der Waals surface area contributed by atoms with E-state index in [-0.39, 0.29) is 0 Å². The van der Waals surface area contributed by atoms with Gasteiger partial charge in [-0.2, -0.15) is 0 Å². The summed E-state index contributed by atoms with van der Waals surface area (Å²) in [6.45, 7) is 14.2. The van der Waals surface area contributed by atoms with Gasteiger partial charge in [-0.15, -0.1) is 0 Å². The van der Waals surface area contributed by atoms with Crippen molar-refractivity contribution in [2.45, 2.75) is 39.7 Å². The van der Waals surface area contributed by atoms with E-state index in [0.717, 1.165) is 12.5 Å². The molecule has 17 heavy (non-hydrogen) atoms. The van der Waals surface area contributed by atoms with Crippen LogP contribution in [0.3, 0.4) is 0 Å². The lowest BCUT2D eigenvalue weighted by molar-refractivity contribution is 0.222. The van der Waals surface area contributed by atoms with E-state index in [1.54, 1.807) is 0 Å². The van der Waals surface area contributed by atoms with Gasteiger partial charge in [-0.25, -0.2) is 0 Å². The molecule has 1 fully saturated rings. The third-order valence-corrected chi connectivity index (χ3v) is 3.73. The Labute approximate surface area is 108 Å². The van der Waals surface area contributed by atoms with Crippen LogP contribution in [-0.4, -0.2) is 62.2 Å². The van der Waals surface area contributed by atoms with Crippen LogP contribution in [0.4, 0.5) is 0 Å². The van der Waals surface area contributed by atoms with Gasteiger partial charge in [0.15, 0.2) is 0 Å². The van der Waals surface area contributed by atoms with Crippen LogP contribution in [0.2, 0.25) is 0 Å². The maximum atomic E-state index is 3.69. The van der Waals surface area contributed by atoms with Crippen molar-refractivity contribution < 1.29 is 0 Å². The fraction of sp³-hybridized carbons (Fsp3) is 1.00. The van der Waals surface area contributed by atoms with Gasteiger partial charge in [-0.05, 0) is 45.4 Å². The molecule has 0 saturated carbocycles. The predicted molar refractivity (Wildman–Crippen MR) is 75.5 cm³/mol. The van der Waals surface area contributed by atoms with Crippen molar-refractivity contribution >= 4 is 0 Å². The van der Waals surface area contributed by atoms with E-state index < -0.39 is 0 Å². The first-order valence-corrected chi connectivity index (χ1v) is 7.27. The molecule has 1 rings (SSSR count). The number of nitrogens with one attached hydrogen (secondary N) is 1. The van der Waals surface area contributed by atoms with Gasteiger partial charge in [-0.3, -0.25) is 0 Å². The van der Waals surface area contributed by atoms with E-state index >= 15 is 0 Å². The van der Waals surface area contributed by atoms with Gasteiger partial charge in [0.1, 0.15) is 0 Å². The lowest BCUT2D eigenvalue weighted by atomic mass is 10.0. The molecular formula is C14H31N3. The molecule has 1 aliphatic rings. The summed E-state index contributed by atoms with van der Waals surface area (Å²) in [6, 6.07) is 0.651. The number of rotatable bonds is 6. The van der Waals surface area contributed by atoms with Gasteiger partial charge < -0.3 is 15.1 Å². The highest BCUT2D eigenvalue weighted by Gasteiger charge is 2.18. The highest BCUT2D eigenvalue weighted by atomic mass is 15.2. The molecule has 3 nitrogen and oxygen atoms in total. The van der Waals surface area contributed by atoms with Gasteiger partial charge in [0.05, 0.1) is 0 Å². The average Bonchev–Trinajstić information content (AvgIpc) is 2.49. The average molecular weight is 241 g/mol. The lowest BCUT2D eigenvalue weighted by Gasteiger charge is -2.29. The summed E-state index contributed by atoms with van der Waals surface area (Å²) in [5, 5.41) is 3.69. The summed E-state index contributed by atoms with van der Waals surface area (Å²) < 4.78 is 0. The summed E-state index contributed by atoms with van der Waals surface area (Å²) in [7, 11) is 2.23. The normalized spacial score (nSPS) is 21.7. The molecular weight excluding hydrogens is 210 g/mol. The second-order valence-corrected chi connectivity index (χ2v) is 5.76. The largest absolute Gasteiger partial charge is 0.312 e. The van der Waals surface area contributed by atoms with Gasteiger partial charge in [0.25, 0.3) is 0 Å². The molecule has 1 heterocycles. The zero-order chi connectivity index (χ0) is 12.7. The minimum atomic E-state index is 0.651. The Morgan fingerprint density at radius 2 is 1.88 bits per heavy atom. The molecule has 0 radical (unpaired) electrons. The summed E-state index contributed by atoms with van der Waals surface area (Å²) in [5.74, 6) is 0.725. The Bertz CT molecular complexity index is 194. The van der Waals surface area contributed by atoms with Crippen LogP contribution in [0, 0.1) is 5.92 Å². The van der Waals surface area contributed by atoms with E-state index in [4.69, 9.17) is 0 Å². The third-order valence-electron chi connectivity index (χ3n) is 3.73. The molecule has 0 bridgehead atoms.